The summed E-state index contributed by atoms with van der Waals surface area (Å²) in [6.07, 6.45) is 9.18. The van der Waals surface area contributed by atoms with E-state index in [1.54, 1.807) is 12.1 Å². The Labute approximate surface area is 197 Å². The van der Waals surface area contributed by atoms with Crippen LogP contribution in [0.15, 0.2) is 67.1 Å². The number of allylic oxidation sites excluding steroid dienone is 1. The second-order valence-electron chi connectivity index (χ2n) is 8.41. The fraction of sp³-hybridized carbons (Fsp3) is 0.231. The van der Waals surface area contributed by atoms with Gasteiger partial charge in [-0.1, -0.05) is 29.8 Å². The van der Waals surface area contributed by atoms with Crippen molar-refractivity contribution >= 4 is 23.2 Å². The Hall–Kier alpha value is -3.69. The largest absolute Gasteiger partial charge is 0.380 e. The van der Waals surface area contributed by atoms with Gasteiger partial charge in [0.25, 0.3) is 5.91 Å². The molecule has 3 aromatic rings. The number of benzene rings is 1. The maximum absolute atomic E-state index is 12.9. The normalized spacial score (nSPS) is 19.4. The number of nitrogens with zero attached hydrogens (tertiary/aromatic N) is 4. The molecular weight excluding hydrogens is 434 g/mol. The number of likely N-dealkylation sites (tertiary alicyclic amines) is 1. The number of fused-ring (bicyclic) bond motifs is 1. The second-order valence-corrected chi connectivity index (χ2v) is 8.80. The van der Waals surface area contributed by atoms with Crippen molar-refractivity contribution in [3.8, 4) is 6.07 Å². The number of halogens is 1. The average Bonchev–Trinajstić information content (AvgIpc) is 3.32. The first-order chi connectivity index (χ1) is 16.1. The summed E-state index contributed by atoms with van der Waals surface area (Å²) in [5.74, 6) is 0.129. The zero-order valence-corrected chi connectivity index (χ0v) is 18.7. The Bertz CT molecular complexity index is 1260. The van der Waals surface area contributed by atoms with Crippen LogP contribution in [0.3, 0.4) is 0 Å². The molecule has 1 aromatic carbocycles. The monoisotopic (exact) mass is 455 g/mol. The van der Waals surface area contributed by atoms with Crippen LogP contribution in [-0.2, 0) is 6.42 Å². The second kappa shape index (κ2) is 9.05. The Morgan fingerprint density at radius 3 is 2.94 bits per heavy atom. The first-order valence-electron chi connectivity index (χ1n) is 10.9. The number of pyridine rings is 2. The first-order valence-corrected chi connectivity index (χ1v) is 11.3. The number of carbonyl (C=O) groups is 1. The van der Waals surface area contributed by atoms with Crippen LogP contribution < -0.4 is 5.32 Å². The molecule has 6 nitrogen and oxygen atoms in total. The van der Waals surface area contributed by atoms with E-state index in [9.17, 15) is 10.1 Å². The fourth-order valence-corrected chi connectivity index (χ4v) is 4.69. The molecule has 33 heavy (non-hydrogen) atoms. The summed E-state index contributed by atoms with van der Waals surface area (Å²) in [5.41, 5.74) is 5.68. The molecular formula is C26H22ClN5O. The predicted octanol–water partition coefficient (Wildman–Crippen LogP) is 4.19. The molecule has 0 radical (unpaired) electrons. The number of nitriles is 1. The lowest BCUT2D eigenvalue weighted by Gasteiger charge is -2.27. The van der Waals surface area contributed by atoms with E-state index in [4.69, 9.17) is 11.6 Å². The number of amides is 1. The zero-order chi connectivity index (χ0) is 22.8. The molecule has 1 N–H and O–H groups in total. The molecule has 3 heterocycles. The highest BCUT2D eigenvalue weighted by Crippen LogP contribution is 2.34. The minimum Gasteiger partial charge on any atom is -0.380 e. The third kappa shape index (κ3) is 4.46. The third-order valence-corrected chi connectivity index (χ3v) is 6.49. The average molecular weight is 456 g/mol. The molecule has 1 aliphatic heterocycles. The fourth-order valence-electron chi connectivity index (χ4n) is 4.58. The van der Waals surface area contributed by atoms with Crippen molar-refractivity contribution in [3.63, 3.8) is 0 Å². The molecule has 0 bridgehead atoms. The summed E-state index contributed by atoms with van der Waals surface area (Å²) in [5, 5.41) is 13.3. The molecule has 7 heteroatoms. The lowest BCUT2D eigenvalue weighted by Crippen LogP contribution is -2.35. The maximum Gasteiger partial charge on any atom is 0.255 e. The highest BCUT2D eigenvalue weighted by molar-refractivity contribution is 6.29. The molecule has 164 valence electrons. The molecule has 2 atom stereocenters. The summed E-state index contributed by atoms with van der Waals surface area (Å²) >= 11 is 5.85. The molecule has 0 saturated carbocycles. The Kier molecular flexibility index (Phi) is 5.80. The van der Waals surface area contributed by atoms with Gasteiger partial charge >= 0.3 is 0 Å². The van der Waals surface area contributed by atoms with Gasteiger partial charge in [0.1, 0.15) is 5.15 Å². The van der Waals surface area contributed by atoms with Gasteiger partial charge in [-0.15, -0.1) is 0 Å². The van der Waals surface area contributed by atoms with Crippen LogP contribution in [0.1, 0.15) is 45.0 Å². The van der Waals surface area contributed by atoms with Gasteiger partial charge in [0.15, 0.2) is 0 Å². The van der Waals surface area contributed by atoms with E-state index in [0.717, 1.165) is 29.7 Å². The van der Waals surface area contributed by atoms with Crippen molar-refractivity contribution in [1.82, 2.24) is 20.2 Å². The van der Waals surface area contributed by atoms with Crippen LogP contribution in [-0.4, -0.2) is 39.9 Å². The number of hydrogen-bond acceptors (Lipinski definition) is 5. The van der Waals surface area contributed by atoms with Gasteiger partial charge in [0.05, 0.1) is 17.2 Å². The predicted molar refractivity (Wildman–Crippen MR) is 127 cm³/mol. The standard InChI is InChI=1S/C26H22ClN5O/c27-25-5-4-20(14-30-25)26(33)32-9-7-22(16-32)31-24-12-21(11-19-6-8-29-15-23(19)24)18-3-1-2-17(10-18)13-28/h1-6,8,10,12,14-15,21-22,31H,7,9,11,16H2. The van der Waals surface area contributed by atoms with Crippen LogP contribution in [0.2, 0.25) is 5.15 Å². The molecule has 1 saturated heterocycles. The van der Waals surface area contributed by atoms with Gasteiger partial charge in [-0.3, -0.25) is 9.78 Å². The lowest BCUT2D eigenvalue weighted by atomic mass is 9.83. The summed E-state index contributed by atoms with van der Waals surface area (Å²) in [7, 11) is 0. The first kappa shape index (κ1) is 21.2. The summed E-state index contributed by atoms with van der Waals surface area (Å²) in [6.45, 7) is 1.29. The lowest BCUT2D eigenvalue weighted by molar-refractivity contribution is 0.0789. The molecule has 0 spiro atoms. The van der Waals surface area contributed by atoms with Crippen molar-refractivity contribution in [2.24, 2.45) is 0 Å². The van der Waals surface area contributed by atoms with Crippen molar-refractivity contribution in [2.75, 3.05) is 13.1 Å². The van der Waals surface area contributed by atoms with Gasteiger partial charge in [-0.2, -0.15) is 5.26 Å². The van der Waals surface area contributed by atoms with Gasteiger partial charge in [0, 0.05) is 54.9 Å². The van der Waals surface area contributed by atoms with Crippen molar-refractivity contribution < 1.29 is 4.79 Å². The van der Waals surface area contributed by atoms with Gasteiger partial charge in [-0.25, -0.2) is 4.98 Å². The Morgan fingerprint density at radius 1 is 1.21 bits per heavy atom. The van der Waals surface area contributed by atoms with E-state index in [1.807, 2.05) is 35.5 Å². The molecule has 1 fully saturated rings. The van der Waals surface area contributed by atoms with E-state index < -0.39 is 0 Å². The van der Waals surface area contributed by atoms with Crippen LogP contribution >= 0.6 is 11.6 Å². The molecule has 2 aliphatic rings. The van der Waals surface area contributed by atoms with Crippen molar-refractivity contribution in [1.29, 1.82) is 5.26 Å². The summed E-state index contributed by atoms with van der Waals surface area (Å²) in [6, 6.07) is 15.6. The van der Waals surface area contributed by atoms with E-state index in [0.29, 0.717) is 29.4 Å². The van der Waals surface area contributed by atoms with Crippen molar-refractivity contribution in [2.45, 2.75) is 24.8 Å². The molecule has 2 aromatic heterocycles. The number of carbonyl (C=O) groups excluding carboxylic acids is 1. The number of nitrogens with one attached hydrogen (secondary N) is 1. The van der Waals surface area contributed by atoms with Gasteiger partial charge in [0.2, 0.25) is 0 Å². The zero-order valence-electron chi connectivity index (χ0n) is 17.9. The summed E-state index contributed by atoms with van der Waals surface area (Å²) < 4.78 is 0. The van der Waals surface area contributed by atoms with E-state index in [2.05, 4.69) is 39.6 Å². The van der Waals surface area contributed by atoms with E-state index >= 15 is 0 Å². The van der Waals surface area contributed by atoms with E-state index in [1.165, 1.54) is 11.8 Å². The van der Waals surface area contributed by atoms with Crippen molar-refractivity contribution in [3.05, 3.63) is 100 Å². The maximum atomic E-state index is 12.9. The summed E-state index contributed by atoms with van der Waals surface area (Å²) in [4.78, 5) is 23.1. The van der Waals surface area contributed by atoms with Crippen LogP contribution in [0.4, 0.5) is 0 Å². The molecule has 5 rings (SSSR count). The SMILES string of the molecule is N#Cc1cccc(C2C=C(NC3CCN(C(=O)c4ccc(Cl)nc4)C3)c3cnccc3C2)c1. The number of hydrogen-bond donors (Lipinski definition) is 1. The van der Waals surface area contributed by atoms with Gasteiger partial charge < -0.3 is 10.2 Å². The molecule has 1 aliphatic carbocycles. The Morgan fingerprint density at radius 2 is 2.12 bits per heavy atom. The van der Waals surface area contributed by atoms with Crippen LogP contribution in [0.5, 0.6) is 0 Å². The minimum atomic E-state index is -0.0330. The smallest absolute Gasteiger partial charge is 0.255 e. The topological polar surface area (TPSA) is 81.9 Å². The quantitative estimate of drug-likeness (QED) is 0.596. The van der Waals surface area contributed by atoms with Crippen LogP contribution in [0.25, 0.3) is 5.70 Å². The minimum absolute atomic E-state index is 0.0330. The van der Waals surface area contributed by atoms with E-state index in [-0.39, 0.29) is 17.9 Å². The number of aromatic nitrogens is 2. The number of rotatable bonds is 4. The third-order valence-electron chi connectivity index (χ3n) is 6.26. The highest BCUT2D eigenvalue weighted by atomic mass is 35.5. The van der Waals surface area contributed by atoms with Crippen LogP contribution in [0, 0.1) is 11.3 Å². The molecule has 2 unspecified atom stereocenters. The highest BCUT2D eigenvalue weighted by Gasteiger charge is 2.29. The van der Waals surface area contributed by atoms with Gasteiger partial charge in [-0.05, 0) is 54.3 Å². The molecule has 1 amide bonds. The Balaban J connectivity index is 1.36.